The second kappa shape index (κ2) is 17.2. The minimum absolute atomic E-state index is 0.0629. The summed E-state index contributed by atoms with van der Waals surface area (Å²) < 4.78 is 12.7. The van der Waals surface area contributed by atoms with Crippen molar-refractivity contribution in [2.24, 2.45) is 0 Å². The van der Waals surface area contributed by atoms with Crippen molar-refractivity contribution < 1.29 is 19.4 Å². The summed E-state index contributed by atoms with van der Waals surface area (Å²) in [5.41, 5.74) is 1.50. The Balaban J connectivity index is 0.000000269. The van der Waals surface area contributed by atoms with E-state index >= 15 is 0 Å². The number of carboxylic acid groups (broad SMARTS) is 1. The van der Waals surface area contributed by atoms with Crippen LogP contribution in [0.1, 0.15) is 89.4 Å². The van der Waals surface area contributed by atoms with E-state index in [1.165, 1.54) is 64.2 Å². The van der Waals surface area contributed by atoms with E-state index in [4.69, 9.17) is 9.47 Å². The highest BCUT2D eigenvalue weighted by molar-refractivity contribution is 5.77. The molecule has 3 aromatic rings. The topological polar surface area (TPSA) is 103 Å². The molecule has 1 aromatic heterocycles. The first-order valence-corrected chi connectivity index (χ1v) is 16.3. The maximum Gasteiger partial charge on any atom is 0.333 e. The number of hydrogen-bond donors (Lipinski definition) is 2. The van der Waals surface area contributed by atoms with Crippen molar-refractivity contribution in [1.82, 2.24) is 14.9 Å². The Labute approximate surface area is 255 Å². The number of carboxylic acids is 1. The smallest absolute Gasteiger partial charge is 0.333 e. The molecule has 0 aliphatic heterocycles. The lowest BCUT2D eigenvalue weighted by Gasteiger charge is -2.30. The third kappa shape index (κ3) is 9.90. The van der Waals surface area contributed by atoms with Crippen molar-refractivity contribution in [3.05, 3.63) is 70.3 Å². The van der Waals surface area contributed by atoms with Gasteiger partial charge in [-0.1, -0.05) is 69.7 Å². The minimum Gasteiger partial charge on any atom is -0.492 e. The van der Waals surface area contributed by atoms with Gasteiger partial charge in [0.1, 0.15) is 18.2 Å². The fourth-order valence-electron chi connectivity index (χ4n) is 6.20. The Morgan fingerprint density at radius 3 is 2.16 bits per heavy atom. The zero-order chi connectivity index (χ0) is 30.4. The molecule has 2 aliphatic rings. The summed E-state index contributed by atoms with van der Waals surface area (Å²) in [7, 11) is 0. The van der Waals surface area contributed by atoms with Crippen LogP contribution in [0.25, 0.3) is 10.9 Å². The molecular weight excluding hydrogens is 542 g/mol. The van der Waals surface area contributed by atoms with Crippen LogP contribution in [0.15, 0.2) is 53.3 Å². The third-order valence-corrected chi connectivity index (χ3v) is 8.51. The number of ether oxygens (including phenoxy) is 2. The first kappa shape index (κ1) is 32.7. The molecule has 8 nitrogen and oxygen atoms in total. The lowest BCUT2D eigenvalue weighted by molar-refractivity contribution is -0.149. The number of carbonyl (C=O) groups is 1. The molecule has 0 unspecified atom stereocenters. The lowest BCUT2D eigenvalue weighted by Crippen LogP contribution is -2.40. The zero-order valence-corrected chi connectivity index (χ0v) is 25.9. The summed E-state index contributed by atoms with van der Waals surface area (Å²) in [6, 6.07) is 16.3. The van der Waals surface area contributed by atoms with E-state index in [9.17, 15) is 14.7 Å². The summed E-state index contributed by atoms with van der Waals surface area (Å²) in [4.78, 5) is 28.6. The van der Waals surface area contributed by atoms with Gasteiger partial charge in [0.15, 0.2) is 6.10 Å². The van der Waals surface area contributed by atoms with E-state index in [2.05, 4.69) is 10.3 Å². The van der Waals surface area contributed by atoms with Crippen LogP contribution in [0.4, 0.5) is 0 Å². The van der Waals surface area contributed by atoms with Crippen LogP contribution >= 0.6 is 0 Å². The van der Waals surface area contributed by atoms with Gasteiger partial charge in [-0.3, -0.25) is 9.36 Å². The molecule has 43 heavy (non-hydrogen) atoms. The normalized spacial score (nSPS) is 16.8. The largest absolute Gasteiger partial charge is 0.492 e. The molecule has 0 radical (unpaired) electrons. The van der Waals surface area contributed by atoms with Crippen LogP contribution in [-0.4, -0.2) is 52.0 Å². The summed E-state index contributed by atoms with van der Waals surface area (Å²) in [6.07, 6.45) is 14.7. The Bertz CT molecular complexity index is 1310. The molecule has 8 heteroatoms. The predicted molar refractivity (Wildman–Crippen MR) is 171 cm³/mol. The fourth-order valence-corrected chi connectivity index (χ4v) is 6.20. The maximum absolute atomic E-state index is 12.8. The number of hydrogen-bond acceptors (Lipinski definition) is 6. The number of aryl methyl sites for hydroxylation is 1. The third-order valence-electron chi connectivity index (χ3n) is 8.51. The number of para-hydroxylation sites is 1. The van der Waals surface area contributed by atoms with Crippen LogP contribution < -0.4 is 15.6 Å². The number of fused-ring (bicyclic) bond motifs is 1. The van der Waals surface area contributed by atoms with Gasteiger partial charge in [-0.05, 0) is 62.4 Å². The van der Waals surface area contributed by atoms with E-state index in [1.54, 1.807) is 29.7 Å². The van der Waals surface area contributed by atoms with Gasteiger partial charge >= 0.3 is 5.97 Å². The molecule has 2 saturated carbocycles. The Hall–Kier alpha value is -3.23. The van der Waals surface area contributed by atoms with Crippen LogP contribution in [0.2, 0.25) is 0 Å². The van der Waals surface area contributed by atoms with Crippen LogP contribution in [-0.2, 0) is 28.9 Å². The van der Waals surface area contributed by atoms with E-state index in [1.807, 2.05) is 37.3 Å². The molecule has 1 heterocycles. The number of aliphatic carboxylic acids is 1. The highest BCUT2D eigenvalue weighted by Gasteiger charge is 2.20. The van der Waals surface area contributed by atoms with Crippen molar-refractivity contribution in [1.29, 1.82) is 0 Å². The van der Waals surface area contributed by atoms with Gasteiger partial charge in [0.05, 0.1) is 17.4 Å². The van der Waals surface area contributed by atoms with Gasteiger partial charge in [0.25, 0.3) is 5.56 Å². The Morgan fingerprint density at radius 1 is 0.953 bits per heavy atom. The van der Waals surface area contributed by atoms with Gasteiger partial charge in [0.2, 0.25) is 0 Å². The molecule has 2 fully saturated rings. The molecule has 0 amide bonds. The van der Waals surface area contributed by atoms with Gasteiger partial charge < -0.3 is 19.9 Å². The summed E-state index contributed by atoms with van der Waals surface area (Å²) in [5.74, 6) is 0.411. The number of aromatic nitrogens is 2. The highest BCUT2D eigenvalue weighted by atomic mass is 16.5. The zero-order valence-electron chi connectivity index (χ0n) is 25.9. The van der Waals surface area contributed by atoms with E-state index in [0.717, 1.165) is 23.5 Å². The lowest BCUT2D eigenvalue weighted by atomic mass is 9.91. The predicted octanol–water partition coefficient (Wildman–Crippen LogP) is 6.31. The second-order valence-electron chi connectivity index (χ2n) is 11.7. The minimum atomic E-state index is -0.974. The molecule has 5 rings (SSSR count). The van der Waals surface area contributed by atoms with Gasteiger partial charge in [0, 0.05) is 31.5 Å². The van der Waals surface area contributed by atoms with E-state index in [-0.39, 0.29) is 5.56 Å². The average molecular weight is 592 g/mol. The SMILES string of the molecule is C1CCC(NC2CCCCC2)CC1.CCO[C@@H](Cc1ccc(OCCn2c(CC)nc3ccccc3c2=O)cc1)C(=O)O. The molecule has 0 spiro atoms. The van der Waals surface area contributed by atoms with Crippen molar-refractivity contribution in [3.8, 4) is 5.75 Å². The average Bonchev–Trinajstić information content (AvgIpc) is 3.04. The summed E-state index contributed by atoms with van der Waals surface area (Å²) >= 11 is 0. The van der Waals surface area contributed by atoms with Crippen LogP contribution in [0, 0.1) is 0 Å². The molecule has 1 atom stereocenters. The first-order chi connectivity index (χ1) is 21.0. The van der Waals surface area contributed by atoms with Crippen molar-refractivity contribution >= 4 is 16.9 Å². The Morgan fingerprint density at radius 2 is 1.58 bits per heavy atom. The molecular formula is C35H49N3O5. The van der Waals surface area contributed by atoms with Gasteiger partial charge in [-0.15, -0.1) is 0 Å². The quantitative estimate of drug-likeness (QED) is 0.254. The summed E-state index contributed by atoms with van der Waals surface area (Å²) in [6.45, 7) is 4.81. The number of rotatable bonds is 12. The molecule has 234 valence electrons. The van der Waals surface area contributed by atoms with Gasteiger partial charge in [-0.25, -0.2) is 9.78 Å². The van der Waals surface area contributed by atoms with E-state index < -0.39 is 12.1 Å². The van der Waals surface area contributed by atoms with Crippen LogP contribution in [0.3, 0.4) is 0 Å². The van der Waals surface area contributed by atoms with E-state index in [0.29, 0.717) is 49.3 Å². The van der Waals surface area contributed by atoms with Crippen molar-refractivity contribution in [2.45, 2.75) is 116 Å². The number of benzene rings is 2. The molecule has 2 N–H and O–H groups in total. The molecule has 0 saturated heterocycles. The van der Waals surface area contributed by atoms with Crippen LogP contribution in [0.5, 0.6) is 5.75 Å². The van der Waals surface area contributed by atoms with Crippen molar-refractivity contribution in [3.63, 3.8) is 0 Å². The van der Waals surface area contributed by atoms with Crippen molar-refractivity contribution in [2.75, 3.05) is 13.2 Å². The maximum atomic E-state index is 12.8. The summed E-state index contributed by atoms with van der Waals surface area (Å²) in [5, 5.41) is 13.6. The Kier molecular flexibility index (Phi) is 13.0. The molecule has 2 aliphatic carbocycles. The monoisotopic (exact) mass is 591 g/mol. The fraction of sp³-hybridized carbons (Fsp3) is 0.571. The second-order valence-corrected chi connectivity index (χ2v) is 11.7. The molecule has 2 aromatic carbocycles. The number of nitrogens with zero attached hydrogens (tertiary/aromatic N) is 2. The molecule has 0 bridgehead atoms. The first-order valence-electron chi connectivity index (χ1n) is 16.3. The standard InChI is InChI=1S/C23H26N2O5.C12H23N/c1-3-21-24-19-8-6-5-7-18(19)22(26)25(21)13-14-30-17-11-9-16(10-12-17)15-20(23(27)28)29-4-2;1-3-7-11(8-4-1)13-12-9-5-2-6-10-12/h5-12,20H,3-4,13-15H2,1-2H3,(H,27,28);11-13H,1-10H2/t20-;/m0./s1. The number of nitrogens with one attached hydrogen (secondary N) is 1. The van der Waals surface area contributed by atoms with Gasteiger partial charge in [-0.2, -0.15) is 0 Å². The highest BCUT2D eigenvalue weighted by Crippen LogP contribution is 2.22.